The number of benzene rings is 1. The number of halogens is 3. The molecule has 8 heteroatoms. The molecule has 1 aromatic rings. The van der Waals surface area contributed by atoms with Gasteiger partial charge >= 0.3 is 12.1 Å². The van der Waals surface area contributed by atoms with Crippen LogP contribution in [-0.4, -0.2) is 22.7 Å². The van der Waals surface area contributed by atoms with Crippen molar-refractivity contribution in [2.45, 2.75) is 44.9 Å². The standard InChI is InChI=1S/C15H16F3NO4/c1-13(2,3)23-12(21)14(4)9-6-5-8(15(16,17)18)7-10(9)19(22)11(14)20/h5-7,22H,1-4H3. The third-order valence-corrected chi connectivity index (χ3v) is 3.52. The van der Waals surface area contributed by atoms with Crippen molar-refractivity contribution >= 4 is 17.6 Å². The van der Waals surface area contributed by atoms with Crippen molar-refractivity contribution in [3.63, 3.8) is 0 Å². The number of rotatable bonds is 1. The average Bonchev–Trinajstić information content (AvgIpc) is 2.59. The zero-order valence-corrected chi connectivity index (χ0v) is 13.0. The van der Waals surface area contributed by atoms with E-state index in [1.54, 1.807) is 20.8 Å². The van der Waals surface area contributed by atoms with E-state index in [9.17, 15) is 28.0 Å². The number of amides is 1. The summed E-state index contributed by atoms with van der Waals surface area (Å²) in [5.74, 6) is -1.99. The Kier molecular flexibility index (Phi) is 3.72. The molecular formula is C15H16F3NO4. The number of nitrogens with zero attached hydrogens (tertiary/aromatic N) is 1. The summed E-state index contributed by atoms with van der Waals surface area (Å²) in [6.07, 6.45) is -4.64. The zero-order chi connectivity index (χ0) is 17.8. The summed E-state index contributed by atoms with van der Waals surface area (Å²) < 4.78 is 43.5. The molecule has 1 aromatic carbocycles. The minimum absolute atomic E-state index is 0.0350. The highest BCUT2D eigenvalue weighted by Crippen LogP contribution is 2.44. The molecule has 1 aliphatic heterocycles. The second-order valence-corrected chi connectivity index (χ2v) is 6.47. The molecule has 0 aromatic heterocycles. The van der Waals surface area contributed by atoms with Crippen LogP contribution in [0.3, 0.4) is 0 Å². The second kappa shape index (κ2) is 4.95. The van der Waals surface area contributed by atoms with Gasteiger partial charge in [-0.25, -0.2) is 0 Å². The molecule has 23 heavy (non-hydrogen) atoms. The molecule has 126 valence electrons. The van der Waals surface area contributed by atoms with Crippen LogP contribution in [0.25, 0.3) is 0 Å². The van der Waals surface area contributed by atoms with Gasteiger partial charge in [0.15, 0.2) is 5.41 Å². The Bertz CT molecular complexity index is 678. The van der Waals surface area contributed by atoms with E-state index in [2.05, 4.69) is 0 Å². The molecule has 1 aliphatic rings. The number of carbonyl (C=O) groups is 2. The maximum Gasteiger partial charge on any atom is 0.416 e. The second-order valence-electron chi connectivity index (χ2n) is 6.47. The van der Waals surface area contributed by atoms with Crippen LogP contribution in [0, 0.1) is 0 Å². The monoisotopic (exact) mass is 331 g/mol. The highest BCUT2D eigenvalue weighted by Gasteiger charge is 2.55. The largest absolute Gasteiger partial charge is 0.459 e. The minimum Gasteiger partial charge on any atom is -0.459 e. The molecule has 1 atom stereocenters. The maximum atomic E-state index is 12.8. The molecule has 0 fully saturated rings. The third-order valence-electron chi connectivity index (χ3n) is 3.52. The maximum absolute atomic E-state index is 12.8. The average molecular weight is 331 g/mol. The van der Waals surface area contributed by atoms with Crippen LogP contribution in [-0.2, 0) is 25.9 Å². The Morgan fingerprint density at radius 3 is 2.30 bits per heavy atom. The van der Waals surface area contributed by atoms with Crippen LogP contribution in [0.15, 0.2) is 18.2 Å². The van der Waals surface area contributed by atoms with Gasteiger partial charge in [0.25, 0.3) is 5.91 Å². The first-order chi connectivity index (χ1) is 10.3. The fourth-order valence-corrected chi connectivity index (χ4v) is 2.32. The molecule has 5 nitrogen and oxygen atoms in total. The summed E-state index contributed by atoms with van der Waals surface area (Å²) in [5.41, 5.74) is -4.24. The lowest BCUT2D eigenvalue weighted by molar-refractivity contribution is -0.164. The Morgan fingerprint density at radius 1 is 1.26 bits per heavy atom. The molecule has 0 saturated carbocycles. The highest BCUT2D eigenvalue weighted by molar-refractivity contribution is 6.19. The van der Waals surface area contributed by atoms with Gasteiger partial charge in [-0.3, -0.25) is 14.8 Å². The molecule has 0 spiro atoms. The molecule has 1 unspecified atom stereocenters. The summed E-state index contributed by atoms with van der Waals surface area (Å²) in [7, 11) is 0. The topological polar surface area (TPSA) is 66.8 Å². The molecule has 1 heterocycles. The van der Waals surface area contributed by atoms with Crippen LogP contribution in [0.1, 0.15) is 38.8 Å². The normalized spacial score (nSPS) is 21.4. The number of anilines is 1. The van der Waals surface area contributed by atoms with Gasteiger partial charge in [-0.1, -0.05) is 6.07 Å². The zero-order valence-electron chi connectivity index (χ0n) is 13.0. The lowest BCUT2D eigenvalue weighted by Gasteiger charge is -2.27. The van der Waals surface area contributed by atoms with Gasteiger partial charge in [-0.2, -0.15) is 18.2 Å². The van der Waals surface area contributed by atoms with E-state index in [1.807, 2.05) is 0 Å². The lowest BCUT2D eigenvalue weighted by atomic mass is 9.83. The van der Waals surface area contributed by atoms with Crippen molar-refractivity contribution in [1.82, 2.24) is 0 Å². The summed E-state index contributed by atoms with van der Waals surface area (Å²) in [6.45, 7) is 6.00. The number of hydrogen-bond acceptors (Lipinski definition) is 4. The molecule has 2 rings (SSSR count). The van der Waals surface area contributed by atoms with Gasteiger partial charge < -0.3 is 4.74 Å². The van der Waals surface area contributed by atoms with Crippen molar-refractivity contribution in [2.24, 2.45) is 0 Å². The predicted molar refractivity (Wildman–Crippen MR) is 73.9 cm³/mol. The number of hydroxylamine groups is 1. The van der Waals surface area contributed by atoms with Crippen molar-refractivity contribution in [3.05, 3.63) is 29.3 Å². The van der Waals surface area contributed by atoms with E-state index in [4.69, 9.17) is 4.74 Å². The smallest absolute Gasteiger partial charge is 0.416 e. The summed E-state index contributed by atoms with van der Waals surface area (Å²) in [5, 5.41) is 9.90. The molecule has 0 bridgehead atoms. The Hall–Kier alpha value is -2.09. The van der Waals surface area contributed by atoms with Crippen molar-refractivity contribution in [3.8, 4) is 0 Å². The quantitative estimate of drug-likeness (QED) is 0.488. The molecule has 0 radical (unpaired) electrons. The molecule has 0 saturated heterocycles. The number of alkyl halides is 3. The lowest BCUT2D eigenvalue weighted by Crippen LogP contribution is -2.46. The van der Waals surface area contributed by atoms with E-state index >= 15 is 0 Å². The Labute approximate surface area is 130 Å². The first kappa shape index (κ1) is 17.3. The van der Waals surface area contributed by atoms with E-state index in [0.717, 1.165) is 12.1 Å². The van der Waals surface area contributed by atoms with Crippen molar-refractivity contribution in [1.29, 1.82) is 0 Å². The van der Waals surface area contributed by atoms with E-state index < -0.39 is 34.6 Å². The van der Waals surface area contributed by atoms with Crippen LogP contribution in [0.4, 0.5) is 18.9 Å². The Balaban J connectivity index is 2.55. The first-order valence-electron chi connectivity index (χ1n) is 6.77. The highest BCUT2D eigenvalue weighted by atomic mass is 19.4. The Morgan fingerprint density at radius 2 is 1.83 bits per heavy atom. The van der Waals surface area contributed by atoms with Gasteiger partial charge in [0.1, 0.15) is 5.60 Å². The van der Waals surface area contributed by atoms with Crippen LogP contribution in [0.2, 0.25) is 0 Å². The number of fused-ring (bicyclic) bond motifs is 1. The first-order valence-corrected chi connectivity index (χ1v) is 6.77. The van der Waals surface area contributed by atoms with Gasteiger partial charge in [0.2, 0.25) is 0 Å². The third kappa shape index (κ3) is 2.78. The summed E-state index contributed by atoms with van der Waals surface area (Å²) in [6, 6.07) is 2.40. The van der Waals surface area contributed by atoms with Gasteiger partial charge in [-0.15, -0.1) is 0 Å². The molecular weight excluding hydrogens is 315 g/mol. The van der Waals surface area contributed by atoms with E-state index in [0.29, 0.717) is 6.07 Å². The van der Waals surface area contributed by atoms with Crippen LogP contribution >= 0.6 is 0 Å². The predicted octanol–water partition coefficient (Wildman–Crippen LogP) is 3.04. The van der Waals surface area contributed by atoms with Gasteiger partial charge in [-0.05, 0) is 39.8 Å². The number of ether oxygens (including phenoxy) is 1. The SMILES string of the molecule is CC(C)(C)OC(=O)C1(C)C(=O)N(O)c2cc(C(F)(F)F)ccc21. The van der Waals surface area contributed by atoms with E-state index in [1.165, 1.54) is 6.92 Å². The number of hydrogen-bond donors (Lipinski definition) is 1. The fourth-order valence-electron chi connectivity index (χ4n) is 2.32. The molecule has 1 N–H and O–H groups in total. The molecule has 0 aliphatic carbocycles. The van der Waals surface area contributed by atoms with Gasteiger partial charge in [0, 0.05) is 5.56 Å². The summed E-state index contributed by atoms with van der Waals surface area (Å²) >= 11 is 0. The van der Waals surface area contributed by atoms with Crippen molar-refractivity contribution in [2.75, 3.05) is 5.06 Å². The minimum atomic E-state index is -4.64. The summed E-state index contributed by atoms with van der Waals surface area (Å²) in [4.78, 5) is 24.6. The number of carbonyl (C=O) groups excluding carboxylic acids is 2. The number of esters is 1. The van der Waals surface area contributed by atoms with Crippen LogP contribution < -0.4 is 5.06 Å². The molecule has 1 amide bonds. The van der Waals surface area contributed by atoms with Crippen LogP contribution in [0.5, 0.6) is 0 Å². The van der Waals surface area contributed by atoms with Crippen molar-refractivity contribution < 1.29 is 32.7 Å². The van der Waals surface area contributed by atoms with E-state index in [-0.39, 0.29) is 16.3 Å². The van der Waals surface area contributed by atoms with Gasteiger partial charge in [0.05, 0.1) is 11.3 Å². The fraction of sp³-hybridized carbons (Fsp3) is 0.467.